The summed E-state index contributed by atoms with van der Waals surface area (Å²) in [7, 11) is 0. The first-order valence-electron chi connectivity index (χ1n) is 31.1. The number of alkyl carbamates (subject to hydrolysis) is 5. The molecule has 4 aliphatic rings. The lowest BCUT2D eigenvalue weighted by atomic mass is 9.83. The van der Waals surface area contributed by atoms with E-state index in [1.54, 1.807) is 146 Å². The van der Waals surface area contributed by atoms with Gasteiger partial charge in [0.15, 0.2) is 18.9 Å². The van der Waals surface area contributed by atoms with Crippen LogP contribution in [0.25, 0.3) is 0 Å². The van der Waals surface area contributed by atoms with E-state index in [2.05, 4.69) is 26.6 Å². The highest BCUT2D eigenvalue weighted by Crippen LogP contribution is 2.35. The molecule has 6 aromatic rings. The fourth-order valence-corrected chi connectivity index (χ4v) is 10.8. The molecule has 1 saturated heterocycles. The van der Waals surface area contributed by atoms with Crippen LogP contribution >= 0.6 is 0 Å². The zero-order valence-electron chi connectivity index (χ0n) is 51.6. The van der Waals surface area contributed by atoms with Gasteiger partial charge in [-0.05, 0) is 39.8 Å². The zero-order valence-corrected chi connectivity index (χ0v) is 51.6. The second-order valence-corrected chi connectivity index (χ2v) is 22.6. The van der Waals surface area contributed by atoms with Gasteiger partial charge < -0.3 is 98.7 Å². The minimum atomic E-state index is -1.87. The Balaban J connectivity index is 0.929. The van der Waals surface area contributed by atoms with Gasteiger partial charge in [-0.25, -0.2) is 24.0 Å². The minimum Gasteiger partial charge on any atom is -0.445 e. The number of ether oxygens (including phenoxy) is 12. The summed E-state index contributed by atoms with van der Waals surface area (Å²) in [6, 6.07) is 49.3. The van der Waals surface area contributed by atoms with Crippen molar-refractivity contribution in [2.75, 3.05) is 19.8 Å². The number of nitrogens with one attached hydrogen (secondary N) is 5. The molecule has 0 unspecified atom stereocenters. The lowest BCUT2D eigenvalue weighted by Gasteiger charge is -2.47. The molecule has 0 spiro atoms. The first-order chi connectivity index (χ1) is 46.4. The highest BCUT2D eigenvalue weighted by atomic mass is 16.8. The van der Waals surface area contributed by atoms with Gasteiger partial charge in [-0.3, -0.25) is 0 Å². The average molecular weight is 1310 g/mol. The van der Waals surface area contributed by atoms with Crippen molar-refractivity contribution in [2.45, 2.75) is 138 Å². The van der Waals surface area contributed by atoms with Gasteiger partial charge in [0.25, 0.3) is 0 Å². The molecule has 15 atom stereocenters. The lowest BCUT2D eigenvalue weighted by Crippen LogP contribution is -2.68. The number of hydrogen-bond donors (Lipinski definition) is 8. The van der Waals surface area contributed by atoms with Crippen molar-refractivity contribution in [3.05, 3.63) is 240 Å². The van der Waals surface area contributed by atoms with Gasteiger partial charge in [0.2, 0.25) is 0 Å². The van der Waals surface area contributed by atoms with Crippen molar-refractivity contribution in [2.24, 2.45) is 0 Å². The number of hydrogen-bond acceptors (Lipinski definition) is 20. The van der Waals surface area contributed by atoms with Crippen molar-refractivity contribution in [3.63, 3.8) is 0 Å². The van der Waals surface area contributed by atoms with E-state index in [4.69, 9.17) is 56.8 Å². The van der Waals surface area contributed by atoms with Crippen LogP contribution in [0.3, 0.4) is 0 Å². The van der Waals surface area contributed by atoms with Crippen LogP contribution in [0.15, 0.2) is 206 Å². The molecule has 3 aliphatic heterocycles. The van der Waals surface area contributed by atoms with Gasteiger partial charge in [-0.1, -0.05) is 206 Å². The molecule has 5 amide bonds. The lowest BCUT2D eigenvalue weighted by molar-refractivity contribution is -0.284. The third-order valence-electron chi connectivity index (χ3n) is 15.7. The summed E-state index contributed by atoms with van der Waals surface area (Å²) in [6.07, 6.45) is -14.8. The molecule has 0 aromatic heterocycles. The summed E-state index contributed by atoms with van der Waals surface area (Å²) < 4.78 is 73.3. The second kappa shape index (κ2) is 35.3. The SMILES string of the molecule is O=C(NC[C@H]1C=C[C@@H](NC(=O)OCc2ccccc2)[C@@H](O[C@H]2[C@@H](O)[C@H](O[C@@H]3[C@@H](O)[C@H](NC(=O)OCc4ccccc4)C[C@H](NC(=O)OCc4ccccc4)[C@H]3O[C@H]3O[C@H](COCc4ccccc4)C=C[C@H]3NC(=O)OCc3ccccc3)O[C@@H]2CO)O1)OCc1ccccc1. The maximum Gasteiger partial charge on any atom is 0.408 e. The predicted octanol–water partition coefficient (Wildman–Crippen LogP) is 6.87. The Morgan fingerprint density at radius 1 is 0.389 bits per heavy atom. The van der Waals surface area contributed by atoms with Crippen LogP contribution in [-0.2, 0) is 96.5 Å². The summed E-state index contributed by atoms with van der Waals surface area (Å²) >= 11 is 0. The summed E-state index contributed by atoms with van der Waals surface area (Å²) in [4.78, 5) is 68.0. The smallest absolute Gasteiger partial charge is 0.408 e. The fourth-order valence-electron chi connectivity index (χ4n) is 10.8. The topological polar surface area (TPSA) is 317 Å². The monoisotopic (exact) mass is 1310 g/mol. The van der Waals surface area contributed by atoms with Gasteiger partial charge in [-0.2, -0.15) is 0 Å². The number of carbonyl (C=O) groups is 5. The van der Waals surface area contributed by atoms with E-state index in [1.807, 2.05) is 60.7 Å². The van der Waals surface area contributed by atoms with Crippen molar-refractivity contribution < 1.29 is 96.1 Å². The van der Waals surface area contributed by atoms with E-state index in [0.29, 0.717) is 22.3 Å². The molecule has 25 heteroatoms. The third-order valence-corrected chi connectivity index (χ3v) is 15.7. The normalized spacial score (nSPS) is 26.0. The first-order valence-corrected chi connectivity index (χ1v) is 31.1. The minimum absolute atomic E-state index is 0.00912. The summed E-state index contributed by atoms with van der Waals surface area (Å²) in [5.74, 6) is 0. The Morgan fingerprint density at radius 2 is 0.758 bits per heavy atom. The molecule has 502 valence electrons. The number of carbonyl (C=O) groups excluding carboxylic acids is 5. The Bertz CT molecular complexity index is 3400. The van der Waals surface area contributed by atoms with E-state index in [-0.39, 0.29) is 59.2 Å². The number of amides is 5. The molecule has 10 rings (SSSR count). The molecule has 95 heavy (non-hydrogen) atoms. The molecule has 6 aromatic carbocycles. The summed E-state index contributed by atoms with van der Waals surface area (Å²) in [5, 5.41) is 50.0. The van der Waals surface area contributed by atoms with Crippen molar-refractivity contribution in [1.82, 2.24) is 26.6 Å². The Hall–Kier alpha value is -9.25. The molecule has 0 bridgehead atoms. The molecule has 1 aliphatic carbocycles. The predicted molar refractivity (Wildman–Crippen MR) is 338 cm³/mol. The van der Waals surface area contributed by atoms with Crippen LogP contribution < -0.4 is 26.6 Å². The Morgan fingerprint density at radius 3 is 1.20 bits per heavy atom. The van der Waals surface area contributed by atoms with Crippen LogP contribution in [0.4, 0.5) is 24.0 Å². The fraction of sp³-hybridized carbons (Fsp3) is 0.357. The van der Waals surface area contributed by atoms with Crippen LogP contribution in [0.2, 0.25) is 0 Å². The maximum atomic E-state index is 14.1. The number of aliphatic hydroxyl groups is 3. The van der Waals surface area contributed by atoms with Gasteiger partial charge in [-0.15, -0.1) is 0 Å². The van der Waals surface area contributed by atoms with Gasteiger partial charge in [0.05, 0.1) is 44.6 Å². The molecule has 1 saturated carbocycles. The summed E-state index contributed by atoms with van der Waals surface area (Å²) in [6.45, 7) is -1.26. The second-order valence-electron chi connectivity index (χ2n) is 22.6. The largest absolute Gasteiger partial charge is 0.445 e. The molecular formula is C70H77N5O20. The third kappa shape index (κ3) is 20.9. The van der Waals surface area contributed by atoms with Gasteiger partial charge in [0, 0.05) is 0 Å². The van der Waals surface area contributed by atoms with E-state index in [0.717, 1.165) is 11.1 Å². The van der Waals surface area contributed by atoms with Gasteiger partial charge in [0.1, 0.15) is 87.8 Å². The highest BCUT2D eigenvalue weighted by molar-refractivity contribution is 5.70. The van der Waals surface area contributed by atoms with Crippen LogP contribution in [0.1, 0.15) is 39.8 Å². The van der Waals surface area contributed by atoms with E-state index < -0.39 is 129 Å². The first kappa shape index (κ1) is 68.6. The van der Waals surface area contributed by atoms with Crippen LogP contribution in [0, 0.1) is 0 Å². The molecule has 25 nitrogen and oxygen atoms in total. The average Bonchev–Trinajstić information content (AvgIpc) is 1.78. The summed E-state index contributed by atoms with van der Waals surface area (Å²) in [5.41, 5.74) is 4.37. The molecule has 0 radical (unpaired) electrons. The van der Waals surface area contributed by atoms with Crippen LogP contribution in [-0.4, -0.2) is 157 Å². The number of benzene rings is 6. The molecule has 3 heterocycles. The highest BCUT2D eigenvalue weighted by Gasteiger charge is 2.54. The van der Waals surface area contributed by atoms with Crippen LogP contribution in [0.5, 0.6) is 0 Å². The van der Waals surface area contributed by atoms with Crippen molar-refractivity contribution in [3.8, 4) is 0 Å². The Labute approximate surface area is 548 Å². The number of aliphatic hydroxyl groups excluding tert-OH is 3. The molecule has 2 fully saturated rings. The van der Waals surface area contributed by atoms with Crippen molar-refractivity contribution >= 4 is 30.5 Å². The Kier molecular flexibility index (Phi) is 25.5. The van der Waals surface area contributed by atoms with Crippen molar-refractivity contribution in [1.29, 1.82) is 0 Å². The zero-order chi connectivity index (χ0) is 66.1. The van der Waals surface area contributed by atoms with Gasteiger partial charge >= 0.3 is 30.5 Å². The standard InChI is InChI=1S/C70H77N5O20/c76-37-57-61(94-63-53(72-67(80)86-40-47-23-11-3-12-24-47)33-31-51(90-63)36-71-66(79)85-39-46-21-9-2-10-22-46)59(78)65(92-57)95-62-58(77)55(74-69(82)88-42-49-27-15-5-16-28-49)35-56(75-70(83)89-43-50-29-17-6-18-30-50)60(62)93-64-54(73-68(81)87-41-48-25-13-4-14-26-48)34-32-52(91-64)44-84-38-45-19-7-1-8-20-45/h1-34,51-65,76-78H,35-44H2,(H,71,79)(H,72,80)(H,73,81)(H,74,82)(H,75,83)/t51-,52+,53-,54-,55-,56+,57-,58+,59-,60-,61-,62-,63-,64-,65+/m1/s1. The quantitative estimate of drug-likeness (QED) is 0.0193. The van der Waals surface area contributed by atoms with E-state index >= 15 is 0 Å². The molecule has 8 N–H and O–H groups in total. The number of rotatable bonds is 27. The molecular weight excluding hydrogens is 1230 g/mol. The maximum absolute atomic E-state index is 14.1. The van der Waals surface area contributed by atoms with E-state index in [9.17, 15) is 39.3 Å². The van der Waals surface area contributed by atoms with E-state index in [1.165, 1.54) is 0 Å².